The second-order valence-corrected chi connectivity index (χ2v) is 7.61. The van der Waals surface area contributed by atoms with Crippen LogP contribution >= 0.6 is 0 Å². The molecule has 0 atom stereocenters. The third-order valence-electron chi connectivity index (χ3n) is 6.02. The van der Waals surface area contributed by atoms with E-state index in [0.29, 0.717) is 18.4 Å². The molecule has 0 spiro atoms. The predicted octanol–water partition coefficient (Wildman–Crippen LogP) is 3.62. The fourth-order valence-corrected chi connectivity index (χ4v) is 4.77. The van der Waals surface area contributed by atoms with Gasteiger partial charge in [0.05, 0.1) is 6.42 Å². The van der Waals surface area contributed by atoms with Gasteiger partial charge < -0.3 is 9.80 Å². The van der Waals surface area contributed by atoms with Crippen LogP contribution in [-0.2, 0) is 11.2 Å². The minimum Gasteiger partial charge on any atom is -0.309 e. The van der Waals surface area contributed by atoms with Crippen LogP contribution in [0.15, 0.2) is 24.3 Å². The first-order chi connectivity index (χ1) is 11.3. The van der Waals surface area contributed by atoms with Gasteiger partial charge >= 0.3 is 0 Å². The number of benzene rings is 1. The first kappa shape index (κ1) is 15.2. The third kappa shape index (κ3) is 3.16. The summed E-state index contributed by atoms with van der Waals surface area (Å²) in [5.74, 6) is 1.23. The van der Waals surface area contributed by atoms with Crippen molar-refractivity contribution in [3.63, 3.8) is 0 Å². The number of piperidine rings is 1. The summed E-state index contributed by atoms with van der Waals surface area (Å²) in [5, 5.41) is 0. The summed E-state index contributed by atoms with van der Waals surface area (Å²) in [6.45, 7) is 3.61. The SMILES string of the molecule is O=C1Cc2ccccc2N1C1CCN(CC2CCCCC2)CC1. The first-order valence-electron chi connectivity index (χ1n) is 9.43. The smallest absolute Gasteiger partial charge is 0.231 e. The molecule has 23 heavy (non-hydrogen) atoms. The summed E-state index contributed by atoms with van der Waals surface area (Å²) in [5.41, 5.74) is 2.38. The number of amides is 1. The van der Waals surface area contributed by atoms with Crippen LogP contribution in [0.2, 0.25) is 0 Å². The van der Waals surface area contributed by atoms with E-state index in [9.17, 15) is 4.79 Å². The third-order valence-corrected chi connectivity index (χ3v) is 6.02. The van der Waals surface area contributed by atoms with Gasteiger partial charge in [-0.1, -0.05) is 37.5 Å². The summed E-state index contributed by atoms with van der Waals surface area (Å²) >= 11 is 0. The van der Waals surface area contributed by atoms with Gasteiger partial charge in [0.2, 0.25) is 5.91 Å². The second kappa shape index (κ2) is 6.64. The Morgan fingerprint density at radius 1 is 0.957 bits per heavy atom. The molecule has 3 nitrogen and oxygen atoms in total. The molecule has 0 aromatic heterocycles. The summed E-state index contributed by atoms with van der Waals surface area (Å²) < 4.78 is 0. The van der Waals surface area contributed by atoms with Gasteiger partial charge in [0.15, 0.2) is 0 Å². The fraction of sp³-hybridized carbons (Fsp3) is 0.650. The van der Waals surface area contributed by atoms with Crippen LogP contribution in [0.3, 0.4) is 0 Å². The van der Waals surface area contributed by atoms with Gasteiger partial charge in [-0.3, -0.25) is 4.79 Å². The van der Waals surface area contributed by atoms with Crippen molar-refractivity contribution in [1.29, 1.82) is 0 Å². The van der Waals surface area contributed by atoms with E-state index in [1.165, 1.54) is 49.9 Å². The molecule has 1 aliphatic carbocycles. The van der Waals surface area contributed by atoms with E-state index in [1.807, 2.05) is 6.07 Å². The topological polar surface area (TPSA) is 23.6 Å². The van der Waals surface area contributed by atoms with Gasteiger partial charge in [0.1, 0.15) is 0 Å². The molecule has 1 aromatic rings. The van der Waals surface area contributed by atoms with Crippen LogP contribution in [0.4, 0.5) is 5.69 Å². The Balaban J connectivity index is 1.35. The van der Waals surface area contributed by atoms with Crippen molar-refractivity contribution in [2.75, 3.05) is 24.5 Å². The molecule has 2 heterocycles. The summed E-state index contributed by atoms with van der Waals surface area (Å²) in [4.78, 5) is 17.2. The van der Waals surface area contributed by atoms with Crippen molar-refractivity contribution < 1.29 is 4.79 Å². The fourth-order valence-electron chi connectivity index (χ4n) is 4.77. The number of para-hydroxylation sites is 1. The molecule has 0 unspecified atom stereocenters. The highest BCUT2D eigenvalue weighted by molar-refractivity contribution is 6.01. The zero-order chi connectivity index (χ0) is 15.6. The minimum absolute atomic E-state index is 0.303. The number of likely N-dealkylation sites (tertiary alicyclic amines) is 1. The van der Waals surface area contributed by atoms with Crippen LogP contribution in [-0.4, -0.2) is 36.5 Å². The van der Waals surface area contributed by atoms with Gasteiger partial charge in [-0.2, -0.15) is 0 Å². The lowest BCUT2D eigenvalue weighted by molar-refractivity contribution is -0.118. The zero-order valence-electron chi connectivity index (χ0n) is 14.0. The Morgan fingerprint density at radius 2 is 1.70 bits per heavy atom. The Bertz CT molecular complexity index is 557. The molecule has 2 aliphatic heterocycles. The maximum absolute atomic E-state index is 12.4. The van der Waals surface area contributed by atoms with Crippen LogP contribution < -0.4 is 4.90 Å². The zero-order valence-corrected chi connectivity index (χ0v) is 14.0. The van der Waals surface area contributed by atoms with Crippen molar-refractivity contribution in [3.05, 3.63) is 29.8 Å². The van der Waals surface area contributed by atoms with E-state index in [4.69, 9.17) is 0 Å². The molecule has 3 heteroatoms. The summed E-state index contributed by atoms with van der Waals surface area (Å²) in [7, 11) is 0. The van der Waals surface area contributed by atoms with Gasteiger partial charge in [0.25, 0.3) is 0 Å². The molecule has 0 radical (unpaired) electrons. The maximum Gasteiger partial charge on any atom is 0.231 e. The summed E-state index contributed by atoms with van der Waals surface area (Å²) in [6, 6.07) is 8.74. The minimum atomic E-state index is 0.303. The number of fused-ring (bicyclic) bond motifs is 1. The van der Waals surface area contributed by atoms with E-state index in [-0.39, 0.29) is 0 Å². The van der Waals surface area contributed by atoms with E-state index in [2.05, 4.69) is 28.0 Å². The predicted molar refractivity (Wildman–Crippen MR) is 93.7 cm³/mol. The van der Waals surface area contributed by atoms with Crippen LogP contribution in [0.5, 0.6) is 0 Å². The molecule has 124 valence electrons. The van der Waals surface area contributed by atoms with Crippen molar-refractivity contribution in [1.82, 2.24) is 4.90 Å². The normalized spacial score (nSPS) is 24.2. The standard InChI is InChI=1S/C20H28N2O/c23-20-14-17-8-4-5-9-19(17)22(20)18-10-12-21(13-11-18)15-16-6-2-1-3-7-16/h4-5,8-9,16,18H,1-3,6-7,10-15H2. The number of hydrogen-bond acceptors (Lipinski definition) is 2. The van der Waals surface area contributed by atoms with Crippen molar-refractivity contribution in [2.45, 2.75) is 57.4 Å². The van der Waals surface area contributed by atoms with Gasteiger partial charge in [-0.05, 0) is 43.2 Å². The quantitative estimate of drug-likeness (QED) is 0.851. The van der Waals surface area contributed by atoms with E-state index < -0.39 is 0 Å². The lowest BCUT2D eigenvalue weighted by Gasteiger charge is -2.38. The molecule has 0 N–H and O–H groups in total. The van der Waals surface area contributed by atoms with Gasteiger partial charge in [-0.25, -0.2) is 0 Å². The molecule has 3 aliphatic rings. The number of anilines is 1. The molecular formula is C20H28N2O. The maximum atomic E-state index is 12.4. The highest BCUT2D eigenvalue weighted by Gasteiger charge is 2.34. The van der Waals surface area contributed by atoms with Crippen molar-refractivity contribution in [3.8, 4) is 0 Å². The summed E-state index contributed by atoms with van der Waals surface area (Å²) in [6.07, 6.45) is 10.0. The van der Waals surface area contributed by atoms with Crippen molar-refractivity contribution >= 4 is 11.6 Å². The Kier molecular flexibility index (Phi) is 4.39. The van der Waals surface area contributed by atoms with Gasteiger partial charge in [0, 0.05) is 31.4 Å². The number of hydrogen-bond donors (Lipinski definition) is 0. The van der Waals surface area contributed by atoms with E-state index >= 15 is 0 Å². The molecule has 1 saturated carbocycles. The largest absolute Gasteiger partial charge is 0.309 e. The van der Waals surface area contributed by atoms with Crippen molar-refractivity contribution in [2.24, 2.45) is 5.92 Å². The molecule has 4 rings (SSSR count). The Morgan fingerprint density at radius 3 is 2.48 bits per heavy atom. The average molecular weight is 312 g/mol. The number of carbonyl (C=O) groups is 1. The molecule has 1 aromatic carbocycles. The number of nitrogens with zero attached hydrogens (tertiary/aromatic N) is 2. The highest BCUT2D eigenvalue weighted by Crippen LogP contribution is 2.33. The van der Waals surface area contributed by atoms with Crippen LogP contribution in [0, 0.1) is 5.92 Å². The second-order valence-electron chi connectivity index (χ2n) is 7.61. The molecule has 1 amide bonds. The van der Waals surface area contributed by atoms with Crippen LogP contribution in [0.1, 0.15) is 50.5 Å². The lowest BCUT2D eigenvalue weighted by atomic mass is 9.88. The van der Waals surface area contributed by atoms with E-state index in [1.54, 1.807) is 0 Å². The average Bonchev–Trinajstić information content (AvgIpc) is 2.92. The Hall–Kier alpha value is -1.35. The molecule has 1 saturated heterocycles. The molecule has 2 fully saturated rings. The highest BCUT2D eigenvalue weighted by atomic mass is 16.2. The van der Waals surface area contributed by atoms with Gasteiger partial charge in [-0.15, -0.1) is 0 Å². The molecule has 0 bridgehead atoms. The lowest BCUT2D eigenvalue weighted by Crippen LogP contribution is -2.47. The monoisotopic (exact) mass is 312 g/mol. The number of rotatable bonds is 3. The Labute approximate surface area is 139 Å². The number of carbonyl (C=O) groups excluding carboxylic acids is 1. The first-order valence-corrected chi connectivity index (χ1v) is 9.43. The molecular weight excluding hydrogens is 284 g/mol. The van der Waals surface area contributed by atoms with Crippen LogP contribution in [0.25, 0.3) is 0 Å². The van der Waals surface area contributed by atoms with E-state index in [0.717, 1.165) is 31.8 Å².